The first-order chi connectivity index (χ1) is 8.01. The summed E-state index contributed by atoms with van der Waals surface area (Å²) in [6.07, 6.45) is 2.52. The highest BCUT2D eigenvalue weighted by atomic mass is 32.2. The zero-order valence-electron chi connectivity index (χ0n) is 10.6. The SMILES string of the molecule is CCC1=C(OS(=O)(=O)C(F)(F)F)C(C)(C)CCC1. The molecule has 0 aromatic carbocycles. The Morgan fingerprint density at radius 1 is 1.33 bits per heavy atom. The molecule has 0 heterocycles. The van der Waals surface area contributed by atoms with Crippen LogP contribution >= 0.6 is 0 Å². The fraction of sp³-hybridized carbons (Fsp3) is 0.818. The molecule has 0 fully saturated rings. The topological polar surface area (TPSA) is 43.4 Å². The van der Waals surface area contributed by atoms with Crippen molar-refractivity contribution < 1.29 is 25.8 Å². The van der Waals surface area contributed by atoms with Crippen molar-refractivity contribution in [1.29, 1.82) is 0 Å². The molecule has 0 bridgehead atoms. The van der Waals surface area contributed by atoms with Gasteiger partial charge in [-0.25, -0.2) is 0 Å². The summed E-state index contributed by atoms with van der Waals surface area (Å²) in [6.45, 7) is 5.17. The molecule has 3 nitrogen and oxygen atoms in total. The monoisotopic (exact) mass is 286 g/mol. The van der Waals surface area contributed by atoms with E-state index >= 15 is 0 Å². The lowest BCUT2D eigenvalue weighted by molar-refractivity contribution is -0.0534. The van der Waals surface area contributed by atoms with Crippen LogP contribution in [0.1, 0.15) is 46.5 Å². The Morgan fingerprint density at radius 2 is 1.89 bits per heavy atom. The van der Waals surface area contributed by atoms with E-state index in [1.54, 1.807) is 20.8 Å². The highest BCUT2D eigenvalue weighted by molar-refractivity contribution is 7.87. The van der Waals surface area contributed by atoms with Crippen molar-refractivity contribution in [3.8, 4) is 0 Å². The average molecular weight is 286 g/mol. The molecular weight excluding hydrogens is 269 g/mol. The van der Waals surface area contributed by atoms with Crippen molar-refractivity contribution in [2.45, 2.75) is 52.0 Å². The molecule has 0 saturated heterocycles. The molecule has 0 saturated carbocycles. The molecule has 0 aromatic heterocycles. The van der Waals surface area contributed by atoms with E-state index in [1.165, 1.54) is 0 Å². The van der Waals surface area contributed by atoms with E-state index < -0.39 is 21.0 Å². The van der Waals surface area contributed by atoms with Gasteiger partial charge in [-0.1, -0.05) is 20.8 Å². The van der Waals surface area contributed by atoms with Gasteiger partial charge in [0.05, 0.1) is 0 Å². The minimum absolute atomic E-state index is 0.0337. The smallest absolute Gasteiger partial charge is 0.380 e. The summed E-state index contributed by atoms with van der Waals surface area (Å²) in [4.78, 5) is 0. The van der Waals surface area contributed by atoms with Crippen LogP contribution in [0.25, 0.3) is 0 Å². The number of alkyl halides is 3. The molecular formula is C11H17F3O3S. The summed E-state index contributed by atoms with van der Waals surface area (Å²) in [7, 11) is -5.57. The highest BCUT2D eigenvalue weighted by Crippen LogP contribution is 2.44. The van der Waals surface area contributed by atoms with E-state index in [-0.39, 0.29) is 5.76 Å². The summed E-state index contributed by atoms with van der Waals surface area (Å²) in [5.41, 5.74) is -5.41. The van der Waals surface area contributed by atoms with E-state index in [4.69, 9.17) is 0 Å². The molecule has 0 radical (unpaired) electrons. The van der Waals surface area contributed by atoms with Gasteiger partial charge in [0.1, 0.15) is 5.76 Å². The number of halogens is 3. The van der Waals surface area contributed by atoms with Gasteiger partial charge in [0.2, 0.25) is 0 Å². The van der Waals surface area contributed by atoms with Crippen LogP contribution in [0.4, 0.5) is 13.2 Å². The first-order valence-electron chi connectivity index (χ1n) is 5.74. The second kappa shape index (κ2) is 4.75. The maximum Gasteiger partial charge on any atom is 0.534 e. The average Bonchev–Trinajstić information content (AvgIpc) is 2.19. The van der Waals surface area contributed by atoms with E-state index in [1.807, 2.05) is 0 Å². The van der Waals surface area contributed by atoms with Crippen LogP contribution in [0.2, 0.25) is 0 Å². The molecule has 0 unspecified atom stereocenters. The number of hydrogen-bond donors (Lipinski definition) is 0. The second-order valence-corrected chi connectivity index (χ2v) is 6.54. The van der Waals surface area contributed by atoms with Gasteiger partial charge in [-0.15, -0.1) is 0 Å². The van der Waals surface area contributed by atoms with E-state index in [0.29, 0.717) is 24.8 Å². The molecule has 1 rings (SSSR count). The highest BCUT2D eigenvalue weighted by Gasteiger charge is 2.50. The van der Waals surface area contributed by atoms with Crippen LogP contribution in [0, 0.1) is 5.41 Å². The third kappa shape index (κ3) is 2.99. The molecule has 0 aromatic rings. The summed E-state index contributed by atoms with van der Waals surface area (Å²) in [5.74, 6) is -0.0337. The summed E-state index contributed by atoms with van der Waals surface area (Å²) in [6, 6.07) is 0. The Morgan fingerprint density at radius 3 is 2.33 bits per heavy atom. The molecule has 1 aliphatic rings. The Bertz CT molecular complexity index is 447. The van der Waals surface area contributed by atoms with Crippen LogP contribution in [0.5, 0.6) is 0 Å². The lowest BCUT2D eigenvalue weighted by atomic mass is 9.77. The van der Waals surface area contributed by atoms with Crippen LogP contribution in [0.15, 0.2) is 11.3 Å². The van der Waals surface area contributed by atoms with Gasteiger partial charge in [0, 0.05) is 5.41 Å². The Labute approximate surface area is 105 Å². The fourth-order valence-corrected chi connectivity index (χ4v) is 2.77. The van der Waals surface area contributed by atoms with Crippen LogP contribution in [0.3, 0.4) is 0 Å². The normalized spacial score (nSPS) is 21.0. The van der Waals surface area contributed by atoms with E-state index in [0.717, 1.165) is 6.42 Å². The molecule has 0 amide bonds. The minimum Gasteiger partial charge on any atom is -0.380 e. The summed E-state index contributed by atoms with van der Waals surface area (Å²) >= 11 is 0. The van der Waals surface area contributed by atoms with Crippen molar-refractivity contribution in [1.82, 2.24) is 0 Å². The zero-order valence-corrected chi connectivity index (χ0v) is 11.4. The standard InChI is InChI=1S/C11H17F3O3S/c1-4-8-6-5-7-10(2,3)9(8)17-18(15,16)11(12,13)14/h4-7H2,1-3H3. The Balaban J connectivity index is 3.17. The van der Waals surface area contributed by atoms with Gasteiger partial charge in [-0.3, -0.25) is 0 Å². The largest absolute Gasteiger partial charge is 0.534 e. The Hall–Kier alpha value is -0.720. The van der Waals surface area contributed by atoms with Gasteiger partial charge >= 0.3 is 15.6 Å². The van der Waals surface area contributed by atoms with Crippen molar-refractivity contribution in [3.05, 3.63) is 11.3 Å². The molecule has 0 atom stereocenters. The molecule has 7 heteroatoms. The number of rotatable bonds is 3. The first-order valence-corrected chi connectivity index (χ1v) is 7.15. The predicted molar refractivity (Wildman–Crippen MR) is 61.0 cm³/mol. The van der Waals surface area contributed by atoms with Crippen molar-refractivity contribution in [3.63, 3.8) is 0 Å². The molecule has 0 spiro atoms. The van der Waals surface area contributed by atoms with E-state index in [9.17, 15) is 21.6 Å². The lowest BCUT2D eigenvalue weighted by Crippen LogP contribution is -2.31. The maximum atomic E-state index is 12.3. The van der Waals surface area contributed by atoms with Crippen molar-refractivity contribution >= 4 is 10.1 Å². The van der Waals surface area contributed by atoms with Crippen molar-refractivity contribution in [2.75, 3.05) is 0 Å². The van der Waals surface area contributed by atoms with Crippen LogP contribution in [-0.4, -0.2) is 13.9 Å². The number of allylic oxidation sites excluding steroid dienone is 2. The Kier molecular flexibility index (Phi) is 4.05. The molecule has 0 aliphatic heterocycles. The molecule has 1 aliphatic carbocycles. The summed E-state index contributed by atoms with van der Waals surface area (Å²) < 4.78 is 63.6. The minimum atomic E-state index is -5.57. The van der Waals surface area contributed by atoms with Crippen LogP contribution in [-0.2, 0) is 14.3 Å². The summed E-state index contributed by atoms with van der Waals surface area (Å²) in [5, 5.41) is 0. The first kappa shape index (κ1) is 15.3. The molecule has 106 valence electrons. The van der Waals surface area contributed by atoms with Crippen LogP contribution < -0.4 is 0 Å². The quantitative estimate of drug-likeness (QED) is 0.586. The zero-order chi connectivity index (χ0) is 14.2. The van der Waals surface area contributed by atoms with Crippen molar-refractivity contribution in [2.24, 2.45) is 5.41 Å². The van der Waals surface area contributed by atoms with E-state index in [2.05, 4.69) is 4.18 Å². The third-order valence-corrected chi connectivity index (χ3v) is 4.07. The fourth-order valence-electron chi connectivity index (χ4n) is 2.12. The molecule has 18 heavy (non-hydrogen) atoms. The van der Waals surface area contributed by atoms with Gasteiger partial charge in [-0.05, 0) is 31.3 Å². The maximum absolute atomic E-state index is 12.3. The third-order valence-electron chi connectivity index (χ3n) is 3.12. The van der Waals surface area contributed by atoms with Gasteiger partial charge in [0.15, 0.2) is 0 Å². The van der Waals surface area contributed by atoms with Gasteiger partial charge < -0.3 is 4.18 Å². The molecule has 0 N–H and O–H groups in total. The van der Waals surface area contributed by atoms with Gasteiger partial charge in [0.25, 0.3) is 0 Å². The van der Waals surface area contributed by atoms with Gasteiger partial charge in [-0.2, -0.15) is 21.6 Å². The second-order valence-electron chi connectivity index (χ2n) is 5.01. The predicted octanol–water partition coefficient (Wildman–Crippen LogP) is 3.73. The number of hydrogen-bond acceptors (Lipinski definition) is 3. The lowest BCUT2D eigenvalue weighted by Gasteiger charge is -2.33.